The second-order valence-electron chi connectivity index (χ2n) is 7.61. The van der Waals surface area contributed by atoms with Gasteiger partial charge in [-0.05, 0) is 72.9 Å². The molecule has 0 atom stereocenters. The van der Waals surface area contributed by atoms with Crippen LogP contribution in [-0.4, -0.2) is 65.6 Å². The number of imide groups is 1. The Bertz CT molecular complexity index is 1110. The Kier molecular flexibility index (Phi) is 9.64. The summed E-state index contributed by atoms with van der Waals surface area (Å²) in [5.74, 6) is -1.47. The van der Waals surface area contributed by atoms with Crippen LogP contribution in [0.25, 0.3) is 6.08 Å². The zero-order valence-corrected chi connectivity index (χ0v) is 21.9. The summed E-state index contributed by atoms with van der Waals surface area (Å²) in [6.45, 7) is 6.43. The number of halogens is 1. The number of hydrogen-bond donors (Lipinski definition) is 1. The van der Waals surface area contributed by atoms with Gasteiger partial charge in [-0.1, -0.05) is 41.9 Å². The number of carbonyl (C=O) groups is 4. The molecule has 35 heavy (non-hydrogen) atoms. The van der Waals surface area contributed by atoms with Crippen molar-refractivity contribution in [3.63, 3.8) is 0 Å². The van der Waals surface area contributed by atoms with Crippen molar-refractivity contribution in [1.82, 2.24) is 9.80 Å². The first-order chi connectivity index (χ1) is 16.8. The Labute approximate surface area is 216 Å². The van der Waals surface area contributed by atoms with E-state index in [1.807, 2.05) is 38.1 Å². The number of rotatable bonds is 10. The maximum atomic E-state index is 12.6. The van der Waals surface area contributed by atoms with Gasteiger partial charge in [0.15, 0.2) is 0 Å². The molecule has 0 bridgehead atoms. The van der Waals surface area contributed by atoms with Gasteiger partial charge in [-0.25, -0.2) is 4.79 Å². The van der Waals surface area contributed by atoms with Crippen LogP contribution in [0.4, 0.5) is 10.5 Å². The van der Waals surface area contributed by atoms with Gasteiger partial charge in [0.05, 0.1) is 10.5 Å². The molecule has 1 aliphatic heterocycles. The normalized spacial score (nSPS) is 14.6. The zero-order valence-electron chi connectivity index (χ0n) is 19.5. The molecule has 1 aliphatic rings. The molecule has 1 heterocycles. The summed E-state index contributed by atoms with van der Waals surface area (Å²) in [5.41, 5.74) is 1.58. The summed E-state index contributed by atoms with van der Waals surface area (Å²) in [6, 6.07) is 13.5. The highest BCUT2D eigenvalue weighted by molar-refractivity contribution is 9.10. The highest BCUT2D eigenvalue weighted by Crippen LogP contribution is 2.32. The zero-order chi connectivity index (χ0) is 25.4. The van der Waals surface area contributed by atoms with Crippen LogP contribution in [-0.2, 0) is 14.3 Å². The van der Waals surface area contributed by atoms with Crippen molar-refractivity contribution in [2.24, 2.45) is 0 Å². The summed E-state index contributed by atoms with van der Waals surface area (Å²) in [4.78, 5) is 52.9. The molecule has 1 saturated heterocycles. The lowest BCUT2D eigenvalue weighted by atomic mass is 10.2. The van der Waals surface area contributed by atoms with Gasteiger partial charge in [-0.15, -0.1) is 0 Å². The molecule has 3 amide bonds. The molecular formula is C25H26BrN3O5S. The average molecular weight is 560 g/mol. The van der Waals surface area contributed by atoms with E-state index in [-0.39, 0.29) is 4.91 Å². The number of nitrogens with zero attached hydrogens (tertiary/aromatic N) is 2. The Hall–Kier alpha value is -2.95. The lowest BCUT2D eigenvalue weighted by Gasteiger charge is -2.17. The number of benzene rings is 2. The SMILES string of the molecule is CCN(CC)CCOC(=O)c1ccc(NC(=O)CN2C(=O)SC(=Cc3ccc(Br)cc3)C2=O)cc1. The Morgan fingerprint density at radius 3 is 2.34 bits per heavy atom. The van der Waals surface area contributed by atoms with Crippen molar-refractivity contribution in [3.05, 3.63) is 69.0 Å². The third kappa shape index (κ3) is 7.51. The highest BCUT2D eigenvalue weighted by atomic mass is 79.9. The van der Waals surface area contributed by atoms with Crippen LogP contribution in [0, 0.1) is 0 Å². The summed E-state index contributed by atoms with van der Waals surface area (Å²) < 4.78 is 6.20. The maximum absolute atomic E-state index is 12.6. The molecule has 0 saturated carbocycles. The number of nitrogens with one attached hydrogen (secondary N) is 1. The van der Waals surface area contributed by atoms with E-state index in [9.17, 15) is 19.2 Å². The molecule has 10 heteroatoms. The Morgan fingerprint density at radius 2 is 1.71 bits per heavy atom. The molecule has 1 N–H and O–H groups in total. The van der Waals surface area contributed by atoms with Crippen molar-refractivity contribution in [2.75, 3.05) is 38.1 Å². The summed E-state index contributed by atoms with van der Waals surface area (Å²) in [6.07, 6.45) is 1.62. The first kappa shape index (κ1) is 26.7. The van der Waals surface area contributed by atoms with Crippen LogP contribution < -0.4 is 5.32 Å². The first-order valence-electron chi connectivity index (χ1n) is 11.1. The van der Waals surface area contributed by atoms with E-state index >= 15 is 0 Å². The van der Waals surface area contributed by atoms with Crippen molar-refractivity contribution in [3.8, 4) is 0 Å². The topological polar surface area (TPSA) is 96.0 Å². The minimum absolute atomic E-state index is 0.258. The minimum Gasteiger partial charge on any atom is -0.461 e. The third-order valence-electron chi connectivity index (χ3n) is 5.28. The number of esters is 1. The molecule has 184 valence electrons. The molecule has 2 aromatic rings. The second kappa shape index (κ2) is 12.7. The largest absolute Gasteiger partial charge is 0.461 e. The standard InChI is InChI=1S/C25H26BrN3O5S/c1-3-28(4-2)13-14-34-24(32)18-7-11-20(12-8-18)27-22(30)16-29-23(31)21(35-25(29)33)15-17-5-9-19(26)10-6-17/h5-12,15H,3-4,13-14,16H2,1-2H3,(H,27,30). The number of carbonyl (C=O) groups excluding carboxylic acids is 4. The van der Waals surface area contributed by atoms with Gasteiger partial charge in [0, 0.05) is 16.7 Å². The second-order valence-corrected chi connectivity index (χ2v) is 9.52. The third-order valence-corrected chi connectivity index (χ3v) is 6.72. The van der Waals surface area contributed by atoms with Gasteiger partial charge in [0.25, 0.3) is 11.1 Å². The minimum atomic E-state index is -0.522. The fourth-order valence-corrected chi connectivity index (χ4v) is 4.37. The van der Waals surface area contributed by atoms with Gasteiger partial charge in [0.1, 0.15) is 13.2 Å². The monoisotopic (exact) mass is 559 g/mol. The molecule has 0 radical (unpaired) electrons. The fraction of sp³-hybridized carbons (Fsp3) is 0.280. The lowest BCUT2D eigenvalue weighted by Crippen LogP contribution is -2.36. The molecule has 0 spiro atoms. The van der Waals surface area contributed by atoms with Crippen LogP contribution in [0.5, 0.6) is 0 Å². The number of hydrogen-bond acceptors (Lipinski definition) is 7. The number of ether oxygens (including phenoxy) is 1. The van der Waals surface area contributed by atoms with Gasteiger partial charge in [0.2, 0.25) is 5.91 Å². The molecule has 0 aliphatic carbocycles. The molecule has 1 fully saturated rings. The van der Waals surface area contributed by atoms with Crippen molar-refractivity contribution in [2.45, 2.75) is 13.8 Å². The van der Waals surface area contributed by atoms with Gasteiger partial charge < -0.3 is 15.0 Å². The van der Waals surface area contributed by atoms with Gasteiger partial charge >= 0.3 is 5.97 Å². The summed E-state index contributed by atoms with van der Waals surface area (Å²) in [5, 5.41) is 2.14. The fourth-order valence-electron chi connectivity index (χ4n) is 3.27. The van der Waals surface area contributed by atoms with E-state index in [1.165, 1.54) is 0 Å². The first-order valence-corrected chi connectivity index (χ1v) is 12.7. The molecule has 8 nitrogen and oxygen atoms in total. The Balaban J connectivity index is 1.52. The number of amides is 3. The number of anilines is 1. The smallest absolute Gasteiger partial charge is 0.338 e. The van der Waals surface area contributed by atoms with Crippen LogP contribution in [0.2, 0.25) is 0 Å². The van der Waals surface area contributed by atoms with Crippen molar-refractivity contribution < 1.29 is 23.9 Å². The van der Waals surface area contributed by atoms with E-state index in [1.54, 1.807) is 30.3 Å². The summed E-state index contributed by atoms with van der Waals surface area (Å²) >= 11 is 4.15. The van der Waals surface area contributed by atoms with E-state index < -0.39 is 29.6 Å². The van der Waals surface area contributed by atoms with Crippen molar-refractivity contribution in [1.29, 1.82) is 0 Å². The number of likely N-dealkylation sites (N-methyl/N-ethyl adjacent to an activating group) is 1. The molecular weight excluding hydrogens is 534 g/mol. The van der Waals surface area contributed by atoms with E-state index in [4.69, 9.17) is 4.74 Å². The van der Waals surface area contributed by atoms with Gasteiger partial charge in [-0.3, -0.25) is 19.3 Å². The Morgan fingerprint density at radius 1 is 1.06 bits per heavy atom. The number of thioether (sulfide) groups is 1. The molecule has 0 unspecified atom stereocenters. The van der Waals surface area contributed by atoms with E-state index in [0.29, 0.717) is 24.4 Å². The molecule has 3 rings (SSSR count). The summed E-state index contributed by atoms with van der Waals surface area (Å²) in [7, 11) is 0. The maximum Gasteiger partial charge on any atom is 0.338 e. The quantitative estimate of drug-likeness (QED) is 0.335. The highest BCUT2D eigenvalue weighted by Gasteiger charge is 2.36. The van der Waals surface area contributed by atoms with Crippen LogP contribution in [0.1, 0.15) is 29.8 Å². The molecule has 0 aromatic heterocycles. The van der Waals surface area contributed by atoms with Gasteiger partial charge in [-0.2, -0.15) is 0 Å². The lowest BCUT2D eigenvalue weighted by molar-refractivity contribution is -0.127. The predicted molar refractivity (Wildman–Crippen MR) is 140 cm³/mol. The van der Waals surface area contributed by atoms with E-state index in [2.05, 4.69) is 26.1 Å². The van der Waals surface area contributed by atoms with Crippen LogP contribution >= 0.6 is 27.7 Å². The van der Waals surface area contributed by atoms with Crippen LogP contribution in [0.3, 0.4) is 0 Å². The van der Waals surface area contributed by atoms with Crippen LogP contribution in [0.15, 0.2) is 57.9 Å². The average Bonchev–Trinajstić information content (AvgIpc) is 3.10. The predicted octanol–water partition coefficient (Wildman–Crippen LogP) is 4.62. The van der Waals surface area contributed by atoms with E-state index in [0.717, 1.165) is 39.8 Å². The molecule has 2 aromatic carbocycles. The van der Waals surface area contributed by atoms with Crippen molar-refractivity contribution >= 4 is 62.5 Å².